The molecule has 0 aliphatic heterocycles. The maximum absolute atomic E-state index is 12.1. The Balaban J connectivity index is 1.29. The van der Waals surface area contributed by atoms with Crippen molar-refractivity contribution < 1.29 is 18.3 Å². The van der Waals surface area contributed by atoms with Gasteiger partial charge in [-0.1, -0.05) is 65.0 Å². The molecular weight excluding hydrogens is 605 g/mol. The van der Waals surface area contributed by atoms with Gasteiger partial charge < -0.3 is 10.4 Å². The predicted molar refractivity (Wildman–Crippen MR) is 191 cm³/mol. The molecule has 47 heavy (non-hydrogen) atoms. The van der Waals surface area contributed by atoms with Crippen LogP contribution in [0.25, 0.3) is 5.57 Å². The highest BCUT2D eigenvalue weighted by Gasteiger charge is 2.70. The van der Waals surface area contributed by atoms with Crippen LogP contribution in [0.1, 0.15) is 122 Å². The van der Waals surface area contributed by atoms with E-state index in [0.29, 0.717) is 48.2 Å². The van der Waals surface area contributed by atoms with Crippen LogP contribution in [-0.2, 0) is 10.0 Å². The molecule has 1 aromatic rings. The third-order valence-corrected chi connectivity index (χ3v) is 16.8. The maximum Gasteiger partial charge on any atom is 0.335 e. The van der Waals surface area contributed by atoms with Gasteiger partial charge in [0.05, 0.1) is 11.3 Å². The number of hydrogen-bond acceptors (Lipinski definition) is 4. The molecule has 5 aliphatic carbocycles. The fraction of sp³-hybridized carbons (Fsp3) is 0.725. The lowest BCUT2D eigenvalue weighted by Crippen LogP contribution is -2.68. The number of benzene rings is 1. The van der Waals surface area contributed by atoms with E-state index in [9.17, 15) is 18.3 Å². The van der Waals surface area contributed by atoms with Gasteiger partial charge in [0, 0.05) is 18.6 Å². The van der Waals surface area contributed by atoms with Crippen molar-refractivity contribution in [3.8, 4) is 0 Å². The van der Waals surface area contributed by atoms with Crippen molar-refractivity contribution in [2.75, 3.05) is 18.8 Å². The highest BCUT2D eigenvalue weighted by atomic mass is 32.2. The Hall–Kier alpha value is -1.96. The SMILES string of the molecule is C=C(C)[C@@H]1CC[C@]2(NCCNS(=O)(=O)CC)CC[C@]3(C)[C@H](CC[C@@H]4[C@@]5(C)CC=C(c6ccc(C(=O)O)cc6)C(C)(C)[C@@H]5CC[C@]43C)[C@@H]12. The number of hydrogen-bond donors (Lipinski definition) is 3. The minimum absolute atomic E-state index is 0.00173. The normalized spacial score (nSPS) is 40.7. The van der Waals surface area contributed by atoms with Crippen LogP contribution in [0.15, 0.2) is 42.5 Å². The fourth-order valence-electron chi connectivity index (χ4n) is 13.0. The second-order valence-corrected chi connectivity index (χ2v) is 19.6. The van der Waals surface area contributed by atoms with E-state index in [1.165, 1.54) is 49.7 Å². The molecule has 0 radical (unpaired) electrons. The lowest BCUT2D eigenvalue weighted by Gasteiger charge is -2.72. The van der Waals surface area contributed by atoms with E-state index >= 15 is 0 Å². The van der Waals surface area contributed by atoms with Crippen LogP contribution in [0.2, 0.25) is 0 Å². The van der Waals surface area contributed by atoms with Crippen LogP contribution in [-0.4, -0.2) is 43.9 Å². The smallest absolute Gasteiger partial charge is 0.335 e. The summed E-state index contributed by atoms with van der Waals surface area (Å²) in [5, 5.41) is 13.5. The van der Waals surface area contributed by atoms with Crippen molar-refractivity contribution in [1.82, 2.24) is 10.0 Å². The van der Waals surface area contributed by atoms with Gasteiger partial charge in [-0.3, -0.25) is 0 Å². The molecule has 7 heteroatoms. The summed E-state index contributed by atoms with van der Waals surface area (Å²) in [4.78, 5) is 11.5. The molecule has 0 bridgehead atoms. The Morgan fingerprint density at radius 2 is 1.62 bits per heavy atom. The first kappa shape index (κ1) is 34.9. The average molecular weight is 665 g/mol. The number of carboxylic acid groups (broad SMARTS) is 1. The van der Waals surface area contributed by atoms with Crippen molar-refractivity contribution in [3.63, 3.8) is 0 Å². The summed E-state index contributed by atoms with van der Waals surface area (Å²) in [5.74, 6) is 2.13. The molecule has 0 aromatic heterocycles. The predicted octanol–water partition coefficient (Wildman–Crippen LogP) is 8.32. The first-order chi connectivity index (χ1) is 22.0. The molecule has 4 fully saturated rings. The number of aromatic carboxylic acids is 1. The second kappa shape index (κ2) is 11.8. The molecule has 260 valence electrons. The van der Waals surface area contributed by atoms with Gasteiger partial charge in [-0.15, -0.1) is 0 Å². The zero-order chi connectivity index (χ0) is 34.2. The number of rotatable bonds is 9. The summed E-state index contributed by atoms with van der Waals surface area (Å²) >= 11 is 0. The molecule has 0 heterocycles. The summed E-state index contributed by atoms with van der Waals surface area (Å²) in [6.07, 6.45) is 13.3. The van der Waals surface area contributed by atoms with Gasteiger partial charge in [0.1, 0.15) is 0 Å². The molecule has 0 spiro atoms. The van der Waals surface area contributed by atoms with E-state index < -0.39 is 16.0 Å². The van der Waals surface area contributed by atoms with E-state index in [0.717, 1.165) is 24.8 Å². The van der Waals surface area contributed by atoms with Crippen LogP contribution < -0.4 is 10.0 Å². The quantitative estimate of drug-likeness (QED) is 0.182. The molecule has 0 amide bonds. The summed E-state index contributed by atoms with van der Waals surface area (Å²) in [5.41, 5.74) is 4.95. The molecule has 4 saturated carbocycles. The van der Waals surface area contributed by atoms with Crippen molar-refractivity contribution in [3.05, 3.63) is 53.6 Å². The van der Waals surface area contributed by atoms with Gasteiger partial charge in [0.15, 0.2) is 0 Å². The Labute approximate surface area is 284 Å². The zero-order valence-electron chi connectivity index (χ0n) is 30.0. The van der Waals surface area contributed by atoms with Gasteiger partial charge in [-0.2, -0.15) is 0 Å². The number of carboxylic acids is 1. The minimum Gasteiger partial charge on any atom is -0.478 e. The summed E-state index contributed by atoms with van der Waals surface area (Å²) in [6, 6.07) is 7.54. The molecule has 6 nitrogen and oxygen atoms in total. The number of allylic oxidation sites excluding steroid dienone is 3. The van der Waals surface area contributed by atoms with E-state index in [-0.39, 0.29) is 33.0 Å². The molecule has 5 aliphatic rings. The third-order valence-electron chi connectivity index (χ3n) is 15.4. The Bertz CT molecular complexity index is 1550. The highest BCUT2D eigenvalue weighted by Crippen LogP contribution is 2.76. The Morgan fingerprint density at radius 3 is 2.26 bits per heavy atom. The Morgan fingerprint density at radius 1 is 0.915 bits per heavy atom. The molecular formula is C40H60N2O4S. The molecule has 6 rings (SSSR count). The van der Waals surface area contributed by atoms with E-state index in [1.54, 1.807) is 19.1 Å². The maximum atomic E-state index is 12.1. The third kappa shape index (κ3) is 5.31. The van der Waals surface area contributed by atoms with Gasteiger partial charge in [-0.05, 0) is 146 Å². The number of nitrogens with one attached hydrogen (secondary N) is 2. The lowest BCUT2D eigenvalue weighted by molar-refractivity contribution is -0.219. The van der Waals surface area contributed by atoms with Crippen LogP contribution >= 0.6 is 0 Å². The molecule has 9 atom stereocenters. The zero-order valence-corrected chi connectivity index (χ0v) is 30.9. The standard InChI is InChI=1S/C40H60N2O4S/c1-9-47(45,46)42-25-24-41-40-21-16-29(26(2)3)34(40)31-14-15-33-37(6)19-17-30(27-10-12-28(13-11-27)35(43)44)36(4,5)32(37)18-20-39(33,8)38(31,7)22-23-40/h10-13,17,29,31-34,41-42H,2,9,14-16,18-25H2,1,3-8H3,(H,43,44)/t29-,31+,32-,33+,34+,37-,38+,39+,40-/m0/s1. The summed E-state index contributed by atoms with van der Waals surface area (Å²) < 4.78 is 27.1. The second-order valence-electron chi connectivity index (χ2n) is 17.5. The van der Waals surface area contributed by atoms with Gasteiger partial charge in [0.2, 0.25) is 10.0 Å². The van der Waals surface area contributed by atoms with Crippen molar-refractivity contribution in [2.45, 2.75) is 112 Å². The number of sulfonamides is 1. The largest absolute Gasteiger partial charge is 0.478 e. The Kier molecular flexibility index (Phi) is 8.78. The van der Waals surface area contributed by atoms with Crippen LogP contribution in [0, 0.1) is 51.2 Å². The molecule has 0 unspecified atom stereocenters. The average Bonchev–Trinajstić information content (AvgIpc) is 3.40. The fourth-order valence-corrected chi connectivity index (χ4v) is 13.6. The first-order valence-corrected chi connectivity index (χ1v) is 20.0. The molecule has 1 aromatic carbocycles. The van der Waals surface area contributed by atoms with E-state index in [2.05, 4.69) is 64.2 Å². The van der Waals surface area contributed by atoms with Crippen LogP contribution in [0.5, 0.6) is 0 Å². The summed E-state index contributed by atoms with van der Waals surface area (Å²) in [7, 11) is -3.20. The van der Waals surface area contributed by atoms with Gasteiger partial charge in [0.25, 0.3) is 0 Å². The van der Waals surface area contributed by atoms with Gasteiger partial charge >= 0.3 is 5.97 Å². The highest BCUT2D eigenvalue weighted by molar-refractivity contribution is 7.89. The van der Waals surface area contributed by atoms with E-state index in [1.807, 2.05) is 12.1 Å². The lowest BCUT2D eigenvalue weighted by atomic mass is 9.33. The monoisotopic (exact) mass is 664 g/mol. The van der Waals surface area contributed by atoms with Crippen molar-refractivity contribution in [1.29, 1.82) is 0 Å². The topological polar surface area (TPSA) is 95.5 Å². The summed E-state index contributed by atoms with van der Waals surface area (Å²) in [6.45, 7) is 22.4. The van der Waals surface area contributed by atoms with Crippen molar-refractivity contribution in [2.24, 2.45) is 51.2 Å². The van der Waals surface area contributed by atoms with E-state index in [4.69, 9.17) is 0 Å². The van der Waals surface area contributed by atoms with Crippen LogP contribution in [0.4, 0.5) is 0 Å². The number of fused-ring (bicyclic) bond motifs is 7. The number of carbonyl (C=O) groups is 1. The van der Waals surface area contributed by atoms with Crippen molar-refractivity contribution >= 4 is 21.6 Å². The van der Waals surface area contributed by atoms with Crippen LogP contribution in [0.3, 0.4) is 0 Å². The van der Waals surface area contributed by atoms with Gasteiger partial charge in [-0.25, -0.2) is 17.9 Å². The minimum atomic E-state index is -3.20. The molecule has 3 N–H and O–H groups in total. The first-order valence-electron chi connectivity index (χ1n) is 18.4. The molecule has 0 saturated heterocycles.